The lowest BCUT2D eigenvalue weighted by atomic mass is 9.83. The summed E-state index contributed by atoms with van der Waals surface area (Å²) in [5.74, 6) is 1.50. The maximum atomic E-state index is 3.65. The Hall–Kier alpha value is -0.760. The molecule has 0 aliphatic heterocycles. The third-order valence-electron chi connectivity index (χ3n) is 3.91. The van der Waals surface area contributed by atoms with Gasteiger partial charge < -0.3 is 5.32 Å². The number of nitrogens with one attached hydrogen (secondary N) is 1. The number of hydrogen-bond donors (Lipinski definition) is 1. The molecule has 0 radical (unpaired) electrons. The van der Waals surface area contributed by atoms with Crippen LogP contribution in [0.2, 0.25) is 0 Å². The van der Waals surface area contributed by atoms with E-state index in [2.05, 4.69) is 66.3 Å². The predicted molar refractivity (Wildman–Crippen MR) is 87.7 cm³/mol. The molecule has 1 aliphatic carbocycles. The fourth-order valence-electron chi connectivity index (χ4n) is 3.12. The minimum absolute atomic E-state index is 0.733. The summed E-state index contributed by atoms with van der Waals surface area (Å²) < 4.78 is 1.17. The van der Waals surface area contributed by atoms with Gasteiger partial charge in [-0.2, -0.15) is 0 Å². The van der Waals surface area contributed by atoms with Crippen molar-refractivity contribution in [3.05, 3.63) is 39.9 Å². The SMILES string of the molecule is CCc1cc(Br)ccc1NCC1CC(C)=CC(C)C1. The van der Waals surface area contributed by atoms with E-state index in [-0.39, 0.29) is 0 Å². The zero-order valence-corrected chi connectivity index (χ0v) is 13.8. The molecule has 1 N–H and O–H groups in total. The summed E-state index contributed by atoms with van der Waals surface area (Å²) >= 11 is 3.55. The van der Waals surface area contributed by atoms with E-state index in [0.717, 1.165) is 24.8 Å². The molecular weight excluding hydrogens is 298 g/mol. The van der Waals surface area contributed by atoms with Gasteiger partial charge in [-0.25, -0.2) is 0 Å². The number of hydrogen-bond acceptors (Lipinski definition) is 1. The molecule has 2 atom stereocenters. The Morgan fingerprint density at radius 3 is 2.84 bits per heavy atom. The highest BCUT2D eigenvalue weighted by molar-refractivity contribution is 9.10. The van der Waals surface area contributed by atoms with Crippen LogP contribution in [0.15, 0.2) is 34.3 Å². The molecule has 1 aliphatic rings. The van der Waals surface area contributed by atoms with E-state index >= 15 is 0 Å². The minimum Gasteiger partial charge on any atom is -0.385 e. The first-order valence-corrected chi connectivity index (χ1v) is 8.07. The lowest BCUT2D eigenvalue weighted by Crippen LogP contribution is -2.20. The molecule has 0 bridgehead atoms. The normalized spacial score (nSPS) is 23.1. The monoisotopic (exact) mass is 321 g/mol. The maximum absolute atomic E-state index is 3.65. The van der Waals surface area contributed by atoms with Crippen molar-refractivity contribution in [1.82, 2.24) is 0 Å². The van der Waals surface area contributed by atoms with Crippen LogP contribution in [0.25, 0.3) is 0 Å². The highest BCUT2D eigenvalue weighted by Gasteiger charge is 2.18. The summed E-state index contributed by atoms with van der Waals surface area (Å²) in [4.78, 5) is 0. The van der Waals surface area contributed by atoms with Crippen molar-refractivity contribution in [3.8, 4) is 0 Å². The molecule has 0 saturated carbocycles. The van der Waals surface area contributed by atoms with E-state index < -0.39 is 0 Å². The van der Waals surface area contributed by atoms with Crippen molar-refractivity contribution in [1.29, 1.82) is 0 Å². The maximum Gasteiger partial charge on any atom is 0.0373 e. The van der Waals surface area contributed by atoms with Crippen molar-refractivity contribution in [2.45, 2.75) is 40.0 Å². The van der Waals surface area contributed by atoms with Crippen LogP contribution in [0.5, 0.6) is 0 Å². The van der Waals surface area contributed by atoms with Gasteiger partial charge in [-0.1, -0.05) is 41.4 Å². The van der Waals surface area contributed by atoms with E-state index in [1.165, 1.54) is 28.6 Å². The van der Waals surface area contributed by atoms with Gasteiger partial charge in [0.2, 0.25) is 0 Å². The van der Waals surface area contributed by atoms with Crippen LogP contribution in [0.3, 0.4) is 0 Å². The molecule has 2 rings (SSSR count). The minimum atomic E-state index is 0.733. The van der Waals surface area contributed by atoms with Gasteiger partial charge in [-0.05, 0) is 61.8 Å². The van der Waals surface area contributed by atoms with Crippen LogP contribution in [-0.4, -0.2) is 6.54 Å². The summed E-state index contributed by atoms with van der Waals surface area (Å²) in [6.07, 6.45) is 6.05. The molecule has 0 aromatic heterocycles. The smallest absolute Gasteiger partial charge is 0.0373 e. The molecule has 0 amide bonds. The Bertz CT molecular complexity index is 464. The molecule has 2 unspecified atom stereocenters. The second-order valence-corrected chi connectivity index (χ2v) is 6.75. The Labute approximate surface area is 125 Å². The molecule has 0 heterocycles. The molecular formula is C17H24BrN. The Morgan fingerprint density at radius 1 is 1.37 bits per heavy atom. The molecule has 1 aromatic carbocycles. The number of anilines is 1. The van der Waals surface area contributed by atoms with Crippen LogP contribution < -0.4 is 5.32 Å². The molecule has 2 heteroatoms. The fourth-order valence-corrected chi connectivity index (χ4v) is 3.53. The molecule has 19 heavy (non-hydrogen) atoms. The zero-order valence-electron chi connectivity index (χ0n) is 12.2. The summed E-state index contributed by atoms with van der Waals surface area (Å²) in [6.45, 7) is 7.89. The third-order valence-corrected chi connectivity index (χ3v) is 4.41. The topological polar surface area (TPSA) is 12.0 Å². The lowest BCUT2D eigenvalue weighted by molar-refractivity contribution is 0.421. The van der Waals surface area contributed by atoms with Crippen molar-refractivity contribution in [2.75, 3.05) is 11.9 Å². The van der Waals surface area contributed by atoms with Gasteiger partial charge >= 0.3 is 0 Å². The number of rotatable bonds is 4. The Kier molecular flexibility index (Phi) is 5.09. The second kappa shape index (κ2) is 6.60. The van der Waals surface area contributed by atoms with Crippen LogP contribution in [0.4, 0.5) is 5.69 Å². The average Bonchev–Trinajstić information content (AvgIpc) is 2.36. The van der Waals surface area contributed by atoms with Crippen molar-refractivity contribution in [3.63, 3.8) is 0 Å². The quantitative estimate of drug-likeness (QED) is 0.730. The number of aryl methyl sites for hydroxylation is 1. The van der Waals surface area contributed by atoms with Gasteiger partial charge in [-0.3, -0.25) is 0 Å². The van der Waals surface area contributed by atoms with Crippen LogP contribution in [0.1, 0.15) is 39.2 Å². The van der Waals surface area contributed by atoms with Gasteiger partial charge in [0.15, 0.2) is 0 Å². The summed E-state index contributed by atoms with van der Waals surface area (Å²) in [5, 5.41) is 3.65. The summed E-state index contributed by atoms with van der Waals surface area (Å²) in [7, 11) is 0. The molecule has 0 fully saturated rings. The van der Waals surface area contributed by atoms with Gasteiger partial charge in [0.25, 0.3) is 0 Å². The van der Waals surface area contributed by atoms with Gasteiger partial charge in [0.05, 0.1) is 0 Å². The van der Waals surface area contributed by atoms with Crippen LogP contribution >= 0.6 is 15.9 Å². The van der Waals surface area contributed by atoms with Gasteiger partial charge in [0, 0.05) is 16.7 Å². The molecule has 1 aromatic rings. The first kappa shape index (κ1) is 14.6. The van der Waals surface area contributed by atoms with E-state index in [9.17, 15) is 0 Å². The number of benzene rings is 1. The van der Waals surface area contributed by atoms with E-state index in [1.54, 1.807) is 5.57 Å². The third kappa shape index (κ3) is 4.10. The fraction of sp³-hybridized carbons (Fsp3) is 0.529. The summed E-state index contributed by atoms with van der Waals surface area (Å²) in [6, 6.07) is 6.53. The van der Waals surface area contributed by atoms with Gasteiger partial charge in [-0.15, -0.1) is 0 Å². The van der Waals surface area contributed by atoms with Gasteiger partial charge in [0.1, 0.15) is 0 Å². The molecule has 0 saturated heterocycles. The van der Waals surface area contributed by atoms with Crippen molar-refractivity contribution in [2.24, 2.45) is 11.8 Å². The van der Waals surface area contributed by atoms with Crippen LogP contribution in [0, 0.1) is 11.8 Å². The standard InChI is InChI=1S/C17H24BrN/c1-4-15-10-16(18)5-6-17(15)19-11-14-8-12(2)7-13(3)9-14/h5-7,10,12,14,19H,4,8-9,11H2,1-3H3. The van der Waals surface area contributed by atoms with E-state index in [0.29, 0.717) is 0 Å². The highest BCUT2D eigenvalue weighted by Crippen LogP contribution is 2.29. The number of halogens is 1. The Morgan fingerprint density at radius 2 is 2.16 bits per heavy atom. The van der Waals surface area contributed by atoms with E-state index in [1.807, 2.05) is 0 Å². The molecule has 1 nitrogen and oxygen atoms in total. The summed E-state index contributed by atoms with van der Waals surface area (Å²) in [5.41, 5.74) is 4.24. The van der Waals surface area contributed by atoms with Crippen molar-refractivity contribution < 1.29 is 0 Å². The zero-order chi connectivity index (χ0) is 13.8. The molecule has 0 spiro atoms. The second-order valence-electron chi connectivity index (χ2n) is 5.83. The van der Waals surface area contributed by atoms with Crippen molar-refractivity contribution >= 4 is 21.6 Å². The predicted octanol–water partition coefficient (Wildman–Crippen LogP) is 5.42. The van der Waals surface area contributed by atoms with E-state index in [4.69, 9.17) is 0 Å². The lowest BCUT2D eigenvalue weighted by Gasteiger charge is -2.26. The first-order valence-electron chi connectivity index (χ1n) is 7.28. The first-order chi connectivity index (χ1) is 9.08. The average molecular weight is 322 g/mol. The Balaban J connectivity index is 1.97. The highest BCUT2D eigenvalue weighted by atomic mass is 79.9. The van der Waals surface area contributed by atoms with Crippen LogP contribution in [-0.2, 0) is 6.42 Å². The number of allylic oxidation sites excluding steroid dienone is 2. The largest absolute Gasteiger partial charge is 0.385 e. The molecule has 104 valence electrons.